The summed E-state index contributed by atoms with van der Waals surface area (Å²) in [6.07, 6.45) is 1.43. The van der Waals surface area contributed by atoms with Gasteiger partial charge in [0, 0.05) is 0 Å². The summed E-state index contributed by atoms with van der Waals surface area (Å²) in [5.74, 6) is -1.39. The molecule has 0 unspecified atom stereocenters. The molecule has 0 spiro atoms. The Hall–Kier alpha value is -0.855. The molecule has 0 aliphatic carbocycles. The molecule has 0 nitrogen and oxygen atoms in total. The minimum atomic E-state index is -0.707. The number of rotatable bonds is 2. The third-order valence-electron chi connectivity index (χ3n) is 1.87. The average molecular weight is 168 g/mol. The van der Waals surface area contributed by atoms with E-state index in [4.69, 9.17) is 0 Å². The third kappa shape index (κ3) is 1.66. The Morgan fingerprint density at radius 2 is 1.92 bits per heavy atom. The van der Waals surface area contributed by atoms with E-state index in [1.165, 1.54) is 0 Å². The number of aryl methyl sites for hydroxylation is 1. The van der Waals surface area contributed by atoms with Crippen molar-refractivity contribution in [2.75, 3.05) is 0 Å². The van der Waals surface area contributed by atoms with Gasteiger partial charge in [-0.25, -0.2) is 8.78 Å². The van der Waals surface area contributed by atoms with E-state index in [1.54, 1.807) is 20.0 Å². The van der Waals surface area contributed by atoms with Gasteiger partial charge in [0.1, 0.15) is 7.85 Å². The lowest BCUT2D eigenvalue weighted by Gasteiger charge is -2.03. The lowest BCUT2D eigenvalue weighted by molar-refractivity contribution is 0.503. The molecule has 0 saturated carbocycles. The second-order valence-electron chi connectivity index (χ2n) is 2.92. The first-order valence-corrected chi connectivity index (χ1v) is 4.10. The van der Waals surface area contributed by atoms with E-state index < -0.39 is 11.6 Å². The van der Waals surface area contributed by atoms with Crippen molar-refractivity contribution in [1.82, 2.24) is 0 Å². The summed E-state index contributed by atoms with van der Waals surface area (Å²) in [5, 5.41) is 0. The predicted octanol–water partition coefficient (Wildman–Crippen LogP) is 1.18. The van der Waals surface area contributed by atoms with Gasteiger partial charge in [-0.05, 0) is 12.0 Å². The highest BCUT2D eigenvalue weighted by atomic mass is 19.2. The van der Waals surface area contributed by atoms with Gasteiger partial charge in [-0.15, -0.1) is 0 Å². The summed E-state index contributed by atoms with van der Waals surface area (Å²) in [6, 6.07) is 3.26. The molecule has 1 aromatic carbocycles. The van der Waals surface area contributed by atoms with Gasteiger partial charge in [0.2, 0.25) is 0 Å². The molecule has 3 heteroatoms. The van der Waals surface area contributed by atoms with E-state index >= 15 is 0 Å². The fourth-order valence-corrected chi connectivity index (χ4v) is 1.15. The first kappa shape index (κ1) is 9.23. The molecule has 0 aliphatic rings. The molecule has 0 saturated heterocycles. The van der Waals surface area contributed by atoms with Crippen molar-refractivity contribution in [3.8, 4) is 0 Å². The maximum absolute atomic E-state index is 13.1. The molecule has 0 N–H and O–H groups in total. The average Bonchev–Trinajstić information content (AvgIpc) is 2.07. The van der Waals surface area contributed by atoms with Crippen molar-refractivity contribution in [1.29, 1.82) is 0 Å². The van der Waals surface area contributed by atoms with Gasteiger partial charge in [0.25, 0.3) is 0 Å². The Morgan fingerprint density at radius 3 is 2.50 bits per heavy atom. The standard InChI is InChI=1S/C9H11BF2/c1-2-3-6-4-5-7(10)9(12)8(6)11/h4-5H,2-3,10H2,1H3. The molecule has 1 aromatic rings. The van der Waals surface area contributed by atoms with Crippen LogP contribution in [-0.4, -0.2) is 7.85 Å². The Bertz CT molecular complexity index is 284. The summed E-state index contributed by atoms with van der Waals surface area (Å²) in [6.45, 7) is 1.94. The van der Waals surface area contributed by atoms with Crippen LogP contribution in [0.15, 0.2) is 12.1 Å². The van der Waals surface area contributed by atoms with E-state index in [9.17, 15) is 8.78 Å². The van der Waals surface area contributed by atoms with Gasteiger partial charge in [-0.1, -0.05) is 30.9 Å². The van der Waals surface area contributed by atoms with Crippen LogP contribution < -0.4 is 5.46 Å². The molecule has 64 valence electrons. The van der Waals surface area contributed by atoms with Gasteiger partial charge < -0.3 is 0 Å². The van der Waals surface area contributed by atoms with Crippen molar-refractivity contribution in [2.45, 2.75) is 19.8 Å². The topological polar surface area (TPSA) is 0 Å². The molecule has 0 bridgehead atoms. The number of halogens is 2. The lowest BCUT2D eigenvalue weighted by atomic mass is 9.93. The van der Waals surface area contributed by atoms with Crippen molar-refractivity contribution >= 4 is 13.3 Å². The molecule has 0 amide bonds. The summed E-state index contributed by atoms with van der Waals surface area (Å²) < 4.78 is 26.0. The van der Waals surface area contributed by atoms with Crippen LogP contribution in [0, 0.1) is 11.6 Å². The highest BCUT2D eigenvalue weighted by molar-refractivity contribution is 6.32. The molecule has 0 atom stereocenters. The van der Waals surface area contributed by atoms with Crippen LogP contribution in [0.5, 0.6) is 0 Å². The Balaban J connectivity index is 3.08. The van der Waals surface area contributed by atoms with Crippen LogP contribution in [0.4, 0.5) is 8.78 Å². The molecule has 12 heavy (non-hydrogen) atoms. The lowest BCUT2D eigenvalue weighted by Crippen LogP contribution is -2.12. The van der Waals surface area contributed by atoms with E-state index in [2.05, 4.69) is 0 Å². The smallest absolute Gasteiger partial charge is 0.161 e. The minimum Gasteiger partial charge on any atom is -0.204 e. The monoisotopic (exact) mass is 168 g/mol. The van der Waals surface area contributed by atoms with Crippen LogP contribution in [0.3, 0.4) is 0 Å². The molecule has 0 aromatic heterocycles. The fourth-order valence-electron chi connectivity index (χ4n) is 1.15. The quantitative estimate of drug-likeness (QED) is 0.581. The number of hydrogen-bond acceptors (Lipinski definition) is 0. The second-order valence-corrected chi connectivity index (χ2v) is 2.92. The Kier molecular flexibility index (Phi) is 2.85. The maximum Gasteiger partial charge on any atom is 0.161 e. The molecule has 0 aliphatic heterocycles. The predicted molar refractivity (Wildman–Crippen MR) is 48.5 cm³/mol. The summed E-state index contributed by atoms with van der Waals surface area (Å²) in [5.41, 5.74) is 0.841. The molecule has 1 rings (SSSR count). The molecule has 0 radical (unpaired) electrons. The highest BCUT2D eigenvalue weighted by Gasteiger charge is 2.08. The molecular weight excluding hydrogens is 157 g/mol. The number of benzene rings is 1. The summed E-state index contributed by atoms with van der Waals surface area (Å²) in [4.78, 5) is 0. The maximum atomic E-state index is 13.1. The fraction of sp³-hybridized carbons (Fsp3) is 0.333. The van der Waals surface area contributed by atoms with Crippen molar-refractivity contribution in [3.63, 3.8) is 0 Å². The summed E-state index contributed by atoms with van der Waals surface area (Å²) in [7, 11) is 1.56. The van der Waals surface area contributed by atoms with Crippen LogP contribution in [0.2, 0.25) is 0 Å². The van der Waals surface area contributed by atoms with Crippen LogP contribution in [-0.2, 0) is 6.42 Å². The van der Waals surface area contributed by atoms with Crippen LogP contribution in [0.25, 0.3) is 0 Å². The zero-order chi connectivity index (χ0) is 9.14. The van der Waals surface area contributed by atoms with E-state index in [0.717, 1.165) is 6.42 Å². The van der Waals surface area contributed by atoms with Gasteiger partial charge >= 0.3 is 0 Å². The number of hydrogen-bond donors (Lipinski definition) is 0. The summed E-state index contributed by atoms with van der Waals surface area (Å²) >= 11 is 0. The zero-order valence-corrected chi connectivity index (χ0v) is 7.32. The van der Waals surface area contributed by atoms with E-state index in [0.29, 0.717) is 17.4 Å². The first-order valence-electron chi connectivity index (χ1n) is 4.10. The third-order valence-corrected chi connectivity index (χ3v) is 1.87. The zero-order valence-electron chi connectivity index (χ0n) is 7.32. The van der Waals surface area contributed by atoms with Gasteiger partial charge in [-0.2, -0.15) is 0 Å². The van der Waals surface area contributed by atoms with Gasteiger partial charge in [0.15, 0.2) is 11.6 Å². The van der Waals surface area contributed by atoms with Crippen molar-refractivity contribution in [3.05, 3.63) is 29.3 Å². The normalized spacial score (nSPS) is 10.2. The molecule has 0 heterocycles. The van der Waals surface area contributed by atoms with Crippen LogP contribution >= 0.6 is 0 Å². The second kappa shape index (κ2) is 3.70. The molecular formula is C9H11BF2. The van der Waals surface area contributed by atoms with Gasteiger partial charge in [0.05, 0.1) is 0 Å². The van der Waals surface area contributed by atoms with Gasteiger partial charge in [-0.3, -0.25) is 0 Å². The largest absolute Gasteiger partial charge is 0.204 e. The molecule has 0 fully saturated rings. The minimum absolute atomic E-state index is 0.368. The Labute approximate surface area is 72.0 Å². The first-order chi connectivity index (χ1) is 5.66. The Morgan fingerprint density at radius 1 is 1.25 bits per heavy atom. The van der Waals surface area contributed by atoms with Crippen molar-refractivity contribution < 1.29 is 8.78 Å². The highest BCUT2D eigenvalue weighted by Crippen LogP contribution is 2.10. The van der Waals surface area contributed by atoms with E-state index in [1.807, 2.05) is 6.92 Å². The van der Waals surface area contributed by atoms with E-state index in [-0.39, 0.29) is 0 Å². The van der Waals surface area contributed by atoms with Crippen molar-refractivity contribution in [2.24, 2.45) is 0 Å². The van der Waals surface area contributed by atoms with Crippen LogP contribution in [0.1, 0.15) is 18.9 Å². The SMILES string of the molecule is Bc1ccc(CCC)c(F)c1F.